The van der Waals surface area contributed by atoms with Crippen molar-refractivity contribution in [3.8, 4) is 0 Å². The molecule has 0 spiro atoms. The molecular formula is C15H21NO3. The first-order valence-electron chi connectivity index (χ1n) is 6.47. The lowest BCUT2D eigenvalue weighted by molar-refractivity contribution is -0.154. The van der Waals surface area contributed by atoms with Crippen LogP contribution in [0.1, 0.15) is 30.5 Å². The minimum atomic E-state index is -0.751. The Labute approximate surface area is 114 Å². The number of hydrogen-bond donors (Lipinski definition) is 1. The van der Waals surface area contributed by atoms with Crippen LogP contribution >= 0.6 is 0 Å². The maximum absolute atomic E-state index is 11.7. The number of likely N-dealkylation sites (N-methyl/N-ethyl adjacent to an activating group) is 1. The van der Waals surface area contributed by atoms with Crippen molar-refractivity contribution in [2.24, 2.45) is 0 Å². The molecule has 1 aromatic rings. The van der Waals surface area contributed by atoms with Gasteiger partial charge in [0.25, 0.3) is 5.91 Å². The van der Waals surface area contributed by atoms with E-state index < -0.39 is 6.10 Å². The summed E-state index contributed by atoms with van der Waals surface area (Å²) in [5, 5.41) is 2.61. The summed E-state index contributed by atoms with van der Waals surface area (Å²) in [4.78, 5) is 23.2. The molecule has 1 amide bonds. The summed E-state index contributed by atoms with van der Waals surface area (Å²) in [5.74, 6) is -0.655. The fourth-order valence-electron chi connectivity index (χ4n) is 1.69. The van der Waals surface area contributed by atoms with Crippen molar-refractivity contribution in [2.75, 3.05) is 6.54 Å². The van der Waals surface area contributed by atoms with Gasteiger partial charge in [-0.1, -0.05) is 18.2 Å². The Morgan fingerprint density at radius 1 is 1.26 bits per heavy atom. The Morgan fingerprint density at radius 3 is 2.53 bits per heavy atom. The van der Waals surface area contributed by atoms with Crippen LogP contribution in [0, 0.1) is 13.8 Å². The number of carbonyl (C=O) groups excluding carboxylic acids is 2. The Hall–Kier alpha value is -1.84. The molecule has 0 saturated heterocycles. The van der Waals surface area contributed by atoms with E-state index in [9.17, 15) is 9.59 Å². The van der Waals surface area contributed by atoms with Crippen LogP contribution in [0.3, 0.4) is 0 Å². The summed E-state index contributed by atoms with van der Waals surface area (Å²) in [6, 6.07) is 5.85. The molecule has 0 unspecified atom stereocenters. The van der Waals surface area contributed by atoms with Crippen molar-refractivity contribution in [3.05, 3.63) is 34.9 Å². The summed E-state index contributed by atoms with van der Waals surface area (Å²) in [6.07, 6.45) is -0.566. The maximum Gasteiger partial charge on any atom is 0.311 e. The third kappa shape index (κ3) is 4.73. The number of nitrogens with one attached hydrogen (secondary N) is 1. The summed E-state index contributed by atoms with van der Waals surface area (Å²) >= 11 is 0. The van der Waals surface area contributed by atoms with Crippen LogP contribution in [-0.2, 0) is 20.7 Å². The highest BCUT2D eigenvalue weighted by atomic mass is 16.5. The minimum absolute atomic E-state index is 0.185. The number of carbonyl (C=O) groups is 2. The van der Waals surface area contributed by atoms with Gasteiger partial charge in [-0.25, -0.2) is 0 Å². The Morgan fingerprint density at radius 2 is 1.95 bits per heavy atom. The van der Waals surface area contributed by atoms with Crippen molar-refractivity contribution < 1.29 is 14.3 Å². The molecule has 1 aromatic carbocycles. The number of aryl methyl sites for hydroxylation is 2. The summed E-state index contributed by atoms with van der Waals surface area (Å²) in [5.41, 5.74) is 3.23. The zero-order chi connectivity index (χ0) is 14.4. The standard InChI is InChI=1S/C15H21NO3/c1-5-16-15(18)12(4)19-14(17)9-13-7-6-10(2)11(3)8-13/h6-8,12H,5,9H2,1-4H3,(H,16,18)/t12-/m1/s1. The van der Waals surface area contributed by atoms with Crippen molar-refractivity contribution >= 4 is 11.9 Å². The van der Waals surface area contributed by atoms with E-state index in [-0.39, 0.29) is 18.3 Å². The first-order chi connectivity index (χ1) is 8.93. The molecule has 0 bridgehead atoms. The van der Waals surface area contributed by atoms with Gasteiger partial charge in [-0.05, 0) is 44.4 Å². The van der Waals surface area contributed by atoms with Gasteiger partial charge in [0.2, 0.25) is 0 Å². The van der Waals surface area contributed by atoms with Crippen LogP contribution < -0.4 is 5.32 Å². The Balaban J connectivity index is 2.55. The molecule has 1 rings (SSSR count). The van der Waals surface area contributed by atoms with Gasteiger partial charge < -0.3 is 10.1 Å². The molecule has 104 valence electrons. The van der Waals surface area contributed by atoms with Gasteiger partial charge in [0.15, 0.2) is 6.10 Å². The molecule has 0 aliphatic heterocycles. The van der Waals surface area contributed by atoms with Crippen LogP contribution in [0.4, 0.5) is 0 Å². The number of benzene rings is 1. The normalized spacial score (nSPS) is 11.8. The molecule has 0 radical (unpaired) electrons. The quantitative estimate of drug-likeness (QED) is 0.826. The summed E-state index contributed by atoms with van der Waals surface area (Å²) in [7, 11) is 0. The second-order valence-electron chi connectivity index (χ2n) is 4.62. The number of amides is 1. The monoisotopic (exact) mass is 263 g/mol. The molecule has 1 atom stereocenters. The molecular weight excluding hydrogens is 242 g/mol. The summed E-state index contributed by atoms with van der Waals surface area (Å²) in [6.45, 7) is 7.94. The molecule has 19 heavy (non-hydrogen) atoms. The van der Waals surface area contributed by atoms with E-state index in [2.05, 4.69) is 5.32 Å². The van der Waals surface area contributed by atoms with Gasteiger partial charge in [0.05, 0.1) is 6.42 Å². The highest BCUT2D eigenvalue weighted by Gasteiger charge is 2.17. The van der Waals surface area contributed by atoms with Crippen molar-refractivity contribution in [1.29, 1.82) is 0 Å². The van der Waals surface area contributed by atoms with Gasteiger partial charge in [-0.2, -0.15) is 0 Å². The number of rotatable bonds is 5. The highest BCUT2D eigenvalue weighted by molar-refractivity contribution is 5.83. The molecule has 0 fully saturated rings. The largest absolute Gasteiger partial charge is 0.452 e. The van der Waals surface area contributed by atoms with Crippen LogP contribution in [0.5, 0.6) is 0 Å². The van der Waals surface area contributed by atoms with Crippen molar-refractivity contribution in [2.45, 2.75) is 40.2 Å². The van der Waals surface area contributed by atoms with Crippen LogP contribution in [0.25, 0.3) is 0 Å². The van der Waals surface area contributed by atoms with E-state index in [0.29, 0.717) is 6.54 Å². The Kier molecular flexibility index (Phi) is 5.55. The Bertz CT molecular complexity index is 468. The minimum Gasteiger partial charge on any atom is -0.452 e. The maximum atomic E-state index is 11.7. The highest BCUT2D eigenvalue weighted by Crippen LogP contribution is 2.11. The van der Waals surface area contributed by atoms with E-state index >= 15 is 0 Å². The third-order valence-corrected chi connectivity index (χ3v) is 2.95. The smallest absolute Gasteiger partial charge is 0.311 e. The molecule has 0 aliphatic rings. The SMILES string of the molecule is CCNC(=O)[C@@H](C)OC(=O)Cc1ccc(C)c(C)c1. The van der Waals surface area contributed by atoms with Crippen LogP contribution in [-0.4, -0.2) is 24.5 Å². The number of ether oxygens (including phenoxy) is 1. The lowest BCUT2D eigenvalue weighted by Gasteiger charge is -2.13. The van der Waals surface area contributed by atoms with Gasteiger partial charge in [-0.15, -0.1) is 0 Å². The van der Waals surface area contributed by atoms with Gasteiger partial charge >= 0.3 is 5.97 Å². The average molecular weight is 263 g/mol. The van der Waals surface area contributed by atoms with Crippen LogP contribution in [0.15, 0.2) is 18.2 Å². The molecule has 0 aromatic heterocycles. The van der Waals surface area contributed by atoms with E-state index in [1.54, 1.807) is 6.92 Å². The zero-order valence-electron chi connectivity index (χ0n) is 11.9. The van der Waals surface area contributed by atoms with E-state index in [4.69, 9.17) is 4.74 Å². The molecule has 0 aliphatic carbocycles. The lowest BCUT2D eigenvalue weighted by Crippen LogP contribution is -2.35. The van der Waals surface area contributed by atoms with Crippen molar-refractivity contribution in [3.63, 3.8) is 0 Å². The van der Waals surface area contributed by atoms with E-state index in [1.165, 1.54) is 5.56 Å². The topological polar surface area (TPSA) is 55.4 Å². The van der Waals surface area contributed by atoms with Gasteiger partial charge in [-0.3, -0.25) is 9.59 Å². The lowest BCUT2D eigenvalue weighted by atomic mass is 10.0. The van der Waals surface area contributed by atoms with Gasteiger partial charge in [0.1, 0.15) is 0 Å². The second kappa shape index (κ2) is 6.92. The number of hydrogen-bond acceptors (Lipinski definition) is 3. The second-order valence-corrected chi connectivity index (χ2v) is 4.62. The fourth-order valence-corrected chi connectivity index (χ4v) is 1.69. The first-order valence-corrected chi connectivity index (χ1v) is 6.47. The van der Waals surface area contributed by atoms with E-state index in [1.807, 2.05) is 39.0 Å². The molecule has 0 heterocycles. The summed E-state index contributed by atoms with van der Waals surface area (Å²) < 4.78 is 5.09. The third-order valence-electron chi connectivity index (χ3n) is 2.95. The molecule has 1 N–H and O–H groups in total. The van der Waals surface area contributed by atoms with Crippen molar-refractivity contribution in [1.82, 2.24) is 5.32 Å². The predicted octanol–water partition coefficient (Wildman–Crippen LogP) is 1.91. The predicted molar refractivity (Wildman–Crippen MR) is 73.9 cm³/mol. The average Bonchev–Trinajstić information content (AvgIpc) is 2.34. The first kappa shape index (κ1) is 15.2. The molecule has 4 nitrogen and oxygen atoms in total. The van der Waals surface area contributed by atoms with Gasteiger partial charge in [0, 0.05) is 6.54 Å². The zero-order valence-corrected chi connectivity index (χ0v) is 11.9. The van der Waals surface area contributed by atoms with Crippen LogP contribution in [0.2, 0.25) is 0 Å². The van der Waals surface area contributed by atoms with E-state index in [0.717, 1.165) is 11.1 Å². The molecule has 0 saturated carbocycles. The number of esters is 1. The molecule has 4 heteroatoms. The fraction of sp³-hybridized carbons (Fsp3) is 0.467.